The molecule has 0 bridgehead atoms. The van der Waals surface area contributed by atoms with E-state index in [-0.39, 0.29) is 5.04 Å². The smallest absolute Gasteiger partial charge is 0.192 e. The third-order valence-electron chi connectivity index (χ3n) is 7.85. The predicted molar refractivity (Wildman–Crippen MR) is 137 cm³/mol. The number of hydrogen-bond donors (Lipinski definition) is 1. The minimum absolute atomic E-state index is 0.289. The molecule has 0 unspecified atom stereocenters. The summed E-state index contributed by atoms with van der Waals surface area (Å²) in [5.41, 5.74) is 2.11. The predicted octanol–water partition coefficient (Wildman–Crippen LogP) is 5.11. The standard InChI is InChI=1S/C24H44ClN5OSi/c1-18-19(2)23(28-27-22(18)25)26-20-9-8-12-30(17-20)16-15-29-13-10-21(11-14-29)31-32(6,7)24(3,4)5/h20-21H,8-17H2,1-7H3,(H,26,28)/t20-/m1/s1. The zero-order valence-electron chi connectivity index (χ0n) is 21.3. The molecular formula is C24H44ClN5OSi. The summed E-state index contributed by atoms with van der Waals surface area (Å²) in [7, 11) is -1.66. The Morgan fingerprint density at radius 1 is 1.00 bits per heavy atom. The van der Waals surface area contributed by atoms with Crippen LogP contribution in [-0.2, 0) is 4.43 Å². The molecule has 6 nitrogen and oxygen atoms in total. The van der Waals surface area contributed by atoms with E-state index in [1.807, 2.05) is 6.92 Å². The second-order valence-electron chi connectivity index (χ2n) is 11.3. The summed E-state index contributed by atoms with van der Waals surface area (Å²) in [6.07, 6.45) is 5.19. The van der Waals surface area contributed by atoms with Crippen molar-refractivity contribution in [3.8, 4) is 0 Å². The Labute approximate surface area is 201 Å². The van der Waals surface area contributed by atoms with Gasteiger partial charge in [-0.05, 0) is 75.3 Å². The molecule has 1 N–H and O–H groups in total. The largest absolute Gasteiger partial charge is 0.414 e. The van der Waals surface area contributed by atoms with Gasteiger partial charge in [0.25, 0.3) is 0 Å². The zero-order chi connectivity index (χ0) is 23.5. The first-order chi connectivity index (χ1) is 15.0. The lowest BCUT2D eigenvalue weighted by Gasteiger charge is -2.42. The molecule has 2 saturated heterocycles. The Hall–Kier alpha value is -0.733. The molecule has 2 fully saturated rings. The molecule has 1 atom stereocenters. The first-order valence-corrected chi connectivity index (χ1v) is 15.6. The molecule has 0 aliphatic carbocycles. The van der Waals surface area contributed by atoms with Gasteiger partial charge in [-0.25, -0.2) is 0 Å². The second kappa shape index (κ2) is 10.7. The summed E-state index contributed by atoms with van der Waals surface area (Å²) in [5.74, 6) is 0.877. The Balaban J connectivity index is 1.42. The number of anilines is 1. The van der Waals surface area contributed by atoms with Crippen molar-refractivity contribution in [2.75, 3.05) is 44.6 Å². The highest BCUT2D eigenvalue weighted by atomic mass is 35.5. The van der Waals surface area contributed by atoms with Gasteiger partial charge in [-0.15, -0.1) is 10.2 Å². The number of aromatic nitrogens is 2. The van der Waals surface area contributed by atoms with E-state index in [2.05, 4.69) is 66.1 Å². The quantitative estimate of drug-likeness (QED) is 0.546. The fourth-order valence-electron chi connectivity index (χ4n) is 4.41. The highest BCUT2D eigenvalue weighted by Gasteiger charge is 2.39. The fraction of sp³-hybridized carbons (Fsp3) is 0.833. The van der Waals surface area contributed by atoms with Crippen LogP contribution in [0.15, 0.2) is 0 Å². The summed E-state index contributed by atoms with van der Waals surface area (Å²) in [6.45, 7) is 22.7. The normalized spacial score (nSPS) is 22.3. The molecule has 0 aromatic carbocycles. The van der Waals surface area contributed by atoms with Gasteiger partial charge in [-0.2, -0.15) is 0 Å². The van der Waals surface area contributed by atoms with Crippen molar-refractivity contribution in [2.24, 2.45) is 0 Å². The Morgan fingerprint density at radius 2 is 1.66 bits per heavy atom. The van der Waals surface area contributed by atoms with Crippen LogP contribution >= 0.6 is 11.6 Å². The molecular weight excluding hydrogens is 438 g/mol. The maximum Gasteiger partial charge on any atom is 0.192 e. The Morgan fingerprint density at radius 3 is 2.31 bits per heavy atom. The highest BCUT2D eigenvalue weighted by molar-refractivity contribution is 6.74. The number of likely N-dealkylation sites (tertiary alicyclic amines) is 2. The maximum atomic E-state index is 6.66. The monoisotopic (exact) mass is 481 g/mol. The summed E-state index contributed by atoms with van der Waals surface area (Å²) in [5, 5.41) is 12.8. The van der Waals surface area contributed by atoms with Crippen molar-refractivity contribution in [3.05, 3.63) is 16.3 Å². The maximum absolute atomic E-state index is 6.66. The average molecular weight is 482 g/mol. The van der Waals surface area contributed by atoms with Crippen LogP contribution in [0, 0.1) is 13.8 Å². The average Bonchev–Trinajstić information content (AvgIpc) is 2.73. The van der Waals surface area contributed by atoms with Crippen LogP contribution in [0.5, 0.6) is 0 Å². The van der Waals surface area contributed by atoms with E-state index < -0.39 is 8.32 Å². The first kappa shape index (κ1) is 25.9. The van der Waals surface area contributed by atoms with E-state index in [0.717, 1.165) is 49.7 Å². The molecule has 3 rings (SSSR count). The van der Waals surface area contributed by atoms with Gasteiger partial charge in [0.15, 0.2) is 19.3 Å². The molecule has 32 heavy (non-hydrogen) atoms. The van der Waals surface area contributed by atoms with Crippen LogP contribution in [-0.4, -0.2) is 79.7 Å². The van der Waals surface area contributed by atoms with E-state index in [1.165, 1.54) is 32.2 Å². The topological polar surface area (TPSA) is 53.5 Å². The van der Waals surface area contributed by atoms with Crippen molar-refractivity contribution in [2.45, 2.75) is 90.6 Å². The van der Waals surface area contributed by atoms with E-state index in [4.69, 9.17) is 16.0 Å². The lowest BCUT2D eigenvalue weighted by molar-refractivity contribution is 0.0809. The van der Waals surface area contributed by atoms with Gasteiger partial charge in [-0.3, -0.25) is 0 Å². The van der Waals surface area contributed by atoms with Crippen LogP contribution in [0.2, 0.25) is 23.3 Å². The van der Waals surface area contributed by atoms with Gasteiger partial charge in [0.05, 0.1) is 0 Å². The minimum atomic E-state index is -1.66. The third kappa shape index (κ3) is 6.66. The molecule has 2 aliphatic heterocycles. The van der Waals surface area contributed by atoms with Crippen molar-refractivity contribution in [1.82, 2.24) is 20.0 Å². The summed E-state index contributed by atoms with van der Waals surface area (Å²) < 4.78 is 6.66. The lowest BCUT2D eigenvalue weighted by Crippen LogP contribution is -2.49. The van der Waals surface area contributed by atoms with E-state index in [0.29, 0.717) is 17.3 Å². The van der Waals surface area contributed by atoms with Crippen molar-refractivity contribution in [3.63, 3.8) is 0 Å². The number of nitrogens with zero attached hydrogens (tertiary/aromatic N) is 4. The third-order valence-corrected chi connectivity index (χ3v) is 12.7. The summed E-state index contributed by atoms with van der Waals surface area (Å²) >= 11 is 6.11. The Bertz CT molecular complexity index is 761. The second-order valence-corrected chi connectivity index (χ2v) is 16.4. The van der Waals surface area contributed by atoms with E-state index in [1.54, 1.807) is 0 Å². The van der Waals surface area contributed by atoms with Crippen molar-refractivity contribution in [1.29, 1.82) is 0 Å². The molecule has 0 saturated carbocycles. The fourth-order valence-corrected chi connectivity index (χ4v) is 6.01. The summed E-state index contributed by atoms with van der Waals surface area (Å²) in [6, 6.07) is 0.418. The van der Waals surface area contributed by atoms with Crippen LogP contribution < -0.4 is 5.32 Å². The van der Waals surface area contributed by atoms with Gasteiger partial charge in [-0.1, -0.05) is 32.4 Å². The van der Waals surface area contributed by atoms with Gasteiger partial charge < -0.3 is 19.5 Å². The van der Waals surface area contributed by atoms with Crippen LogP contribution in [0.1, 0.15) is 57.6 Å². The number of piperidine rings is 2. The molecule has 0 amide bonds. The lowest BCUT2D eigenvalue weighted by atomic mass is 10.0. The van der Waals surface area contributed by atoms with Crippen LogP contribution in [0.3, 0.4) is 0 Å². The van der Waals surface area contributed by atoms with Crippen LogP contribution in [0.4, 0.5) is 5.82 Å². The van der Waals surface area contributed by atoms with Gasteiger partial charge in [0.1, 0.15) is 0 Å². The van der Waals surface area contributed by atoms with Gasteiger partial charge in [0, 0.05) is 44.9 Å². The number of rotatable bonds is 7. The number of halogens is 1. The first-order valence-electron chi connectivity index (χ1n) is 12.3. The van der Waals surface area contributed by atoms with Crippen molar-refractivity contribution < 1.29 is 4.43 Å². The number of hydrogen-bond acceptors (Lipinski definition) is 6. The molecule has 2 aliphatic rings. The molecule has 3 heterocycles. The number of nitrogens with one attached hydrogen (secondary N) is 1. The highest BCUT2D eigenvalue weighted by Crippen LogP contribution is 2.38. The van der Waals surface area contributed by atoms with E-state index in [9.17, 15) is 0 Å². The summed E-state index contributed by atoms with van der Waals surface area (Å²) in [4.78, 5) is 5.23. The van der Waals surface area contributed by atoms with Gasteiger partial charge >= 0.3 is 0 Å². The SMILES string of the molecule is Cc1c(Cl)nnc(N[C@@H]2CCCN(CCN3CCC(O[Si](C)(C)C(C)(C)C)CC3)C2)c1C. The van der Waals surface area contributed by atoms with Crippen molar-refractivity contribution >= 4 is 25.7 Å². The molecule has 0 radical (unpaired) electrons. The minimum Gasteiger partial charge on any atom is -0.414 e. The molecule has 1 aromatic rings. The molecule has 0 spiro atoms. The Kier molecular flexibility index (Phi) is 8.64. The zero-order valence-corrected chi connectivity index (χ0v) is 23.1. The van der Waals surface area contributed by atoms with Crippen LogP contribution in [0.25, 0.3) is 0 Å². The molecule has 1 aromatic heterocycles. The van der Waals surface area contributed by atoms with Gasteiger partial charge in [0.2, 0.25) is 0 Å². The molecule has 182 valence electrons. The molecule has 8 heteroatoms. The van der Waals surface area contributed by atoms with E-state index >= 15 is 0 Å².